The molecular weight excluding hydrogens is 687 g/mol. The molecule has 292 valence electrons. The fourth-order valence-corrected chi connectivity index (χ4v) is 14.4. The molecule has 0 unspecified atom stereocenters. The highest BCUT2D eigenvalue weighted by atomic mass is 15.2. The Balaban J connectivity index is 1.32. The van der Waals surface area contributed by atoms with E-state index < -0.39 is 0 Å². The number of hydrogen-bond acceptors (Lipinski definition) is 1. The summed E-state index contributed by atoms with van der Waals surface area (Å²) in [6.45, 7) is 20.1. The third kappa shape index (κ3) is 4.93. The van der Waals surface area contributed by atoms with Crippen LogP contribution in [0.15, 0.2) is 103 Å². The van der Waals surface area contributed by atoms with E-state index in [0.29, 0.717) is 11.8 Å². The lowest BCUT2D eigenvalue weighted by molar-refractivity contribution is -0.0399. The third-order valence-electron chi connectivity index (χ3n) is 17.1. The van der Waals surface area contributed by atoms with E-state index in [0.717, 1.165) is 11.8 Å². The zero-order valence-corrected chi connectivity index (χ0v) is 35.9. The summed E-state index contributed by atoms with van der Waals surface area (Å²) >= 11 is 0. The maximum absolute atomic E-state index is 2.87. The van der Waals surface area contributed by atoms with Gasteiger partial charge >= 0.3 is 0 Å². The number of rotatable bonds is 4. The summed E-state index contributed by atoms with van der Waals surface area (Å²) in [5.74, 6) is 3.26. The Kier molecular flexibility index (Phi) is 7.58. The van der Waals surface area contributed by atoms with Crippen molar-refractivity contribution in [2.24, 2.45) is 23.7 Å². The molecule has 0 atom stereocenters. The minimum atomic E-state index is 0.0226. The number of hydrogen-bond donors (Lipinski definition) is 0. The van der Waals surface area contributed by atoms with E-state index >= 15 is 0 Å². The zero-order chi connectivity index (χ0) is 39.3. The summed E-state index contributed by atoms with van der Waals surface area (Å²) in [5, 5.41) is 0. The molecule has 57 heavy (non-hydrogen) atoms. The molecule has 0 heterocycles. The van der Waals surface area contributed by atoms with Crippen molar-refractivity contribution in [3.8, 4) is 22.3 Å². The van der Waals surface area contributed by atoms with Crippen molar-refractivity contribution in [3.63, 3.8) is 0 Å². The van der Waals surface area contributed by atoms with Gasteiger partial charge in [-0.05, 0) is 160 Å². The van der Waals surface area contributed by atoms with Crippen LogP contribution in [0.25, 0.3) is 22.3 Å². The molecule has 0 amide bonds. The van der Waals surface area contributed by atoms with Gasteiger partial charge in [0.25, 0.3) is 0 Å². The Morgan fingerprint density at radius 2 is 0.912 bits per heavy atom. The normalized spacial score (nSPS) is 28.7. The van der Waals surface area contributed by atoms with E-state index in [1.807, 2.05) is 0 Å². The zero-order valence-electron chi connectivity index (χ0n) is 35.9. The molecule has 0 aromatic heterocycles. The molecule has 12 rings (SSSR count). The minimum absolute atomic E-state index is 0.0226. The molecular formula is C56H63N. The molecule has 4 fully saturated rings. The van der Waals surface area contributed by atoms with Crippen molar-refractivity contribution < 1.29 is 0 Å². The molecule has 1 heteroatoms. The highest BCUT2D eigenvalue weighted by molar-refractivity contribution is 6.03. The van der Waals surface area contributed by atoms with Gasteiger partial charge in [-0.2, -0.15) is 0 Å². The number of fused-ring (bicyclic) bond motifs is 5. The van der Waals surface area contributed by atoms with Crippen molar-refractivity contribution in [2.75, 3.05) is 4.90 Å². The van der Waals surface area contributed by atoms with Gasteiger partial charge in [0.2, 0.25) is 0 Å². The summed E-state index contributed by atoms with van der Waals surface area (Å²) in [7, 11) is 0. The van der Waals surface area contributed by atoms with Crippen LogP contribution in [0.2, 0.25) is 0 Å². The Hall–Kier alpha value is -4.10. The largest absolute Gasteiger partial charge is 0.309 e. The van der Waals surface area contributed by atoms with Crippen molar-refractivity contribution in [1.82, 2.24) is 0 Å². The molecule has 4 bridgehead atoms. The van der Waals surface area contributed by atoms with Crippen LogP contribution < -0.4 is 4.90 Å². The van der Waals surface area contributed by atoms with E-state index in [1.54, 1.807) is 22.3 Å². The summed E-state index contributed by atoms with van der Waals surface area (Å²) in [6, 6.07) is 41.2. The maximum atomic E-state index is 2.87. The first-order valence-electron chi connectivity index (χ1n) is 22.6. The summed E-state index contributed by atoms with van der Waals surface area (Å²) in [5.41, 5.74) is 19.5. The van der Waals surface area contributed by atoms with Crippen LogP contribution in [-0.2, 0) is 27.1 Å². The second-order valence-electron chi connectivity index (χ2n) is 22.2. The number of nitrogens with zero attached hydrogens (tertiary/aromatic N) is 1. The molecule has 5 aromatic carbocycles. The van der Waals surface area contributed by atoms with E-state index in [4.69, 9.17) is 0 Å². The van der Waals surface area contributed by atoms with Crippen molar-refractivity contribution >= 4 is 17.1 Å². The molecule has 7 aliphatic carbocycles. The maximum Gasteiger partial charge on any atom is 0.0621 e. The topological polar surface area (TPSA) is 3.24 Å². The quantitative estimate of drug-likeness (QED) is 0.177. The van der Waals surface area contributed by atoms with E-state index in [9.17, 15) is 0 Å². The van der Waals surface area contributed by atoms with E-state index in [1.165, 1.54) is 108 Å². The Morgan fingerprint density at radius 3 is 1.47 bits per heavy atom. The standard InChI is InChI=1S/C56H63N/c1-52(2)26-28-54(5,6)49-44(52)20-14-22-46(49)57(47-23-15-21-45-50(47)55(7,8)29-27-53(45,3)4)51-40(37-16-10-9-11-17-37)24-25-43-48(51)41-18-12-13-19-42(41)56(43)38-31-35-30-36(33-38)34-39(56)32-35/h9-25,35-36,38-39H,26-34H2,1-8H3. The number of benzene rings is 5. The van der Waals surface area contributed by atoms with Crippen LogP contribution in [0, 0.1) is 23.7 Å². The van der Waals surface area contributed by atoms with Crippen molar-refractivity contribution in [2.45, 2.75) is 140 Å². The highest BCUT2D eigenvalue weighted by Crippen LogP contribution is 2.71. The molecule has 7 aliphatic rings. The first kappa shape index (κ1) is 36.0. The molecule has 0 aliphatic heterocycles. The van der Waals surface area contributed by atoms with Gasteiger partial charge in [-0.1, -0.05) is 146 Å². The summed E-state index contributed by atoms with van der Waals surface area (Å²) in [4.78, 5) is 2.87. The van der Waals surface area contributed by atoms with Gasteiger partial charge in [0.15, 0.2) is 0 Å². The first-order chi connectivity index (χ1) is 27.2. The predicted molar refractivity (Wildman–Crippen MR) is 240 cm³/mol. The Morgan fingerprint density at radius 1 is 0.421 bits per heavy atom. The van der Waals surface area contributed by atoms with Crippen LogP contribution in [0.4, 0.5) is 17.1 Å². The van der Waals surface area contributed by atoms with Crippen LogP contribution in [0.5, 0.6) is 0 Å². The second kappa shape index (κ2) is 12.0. The molecule has 0 N–H and O–H groups in total. The summed E-state index contributed by atoms with van der Waals surface area (Å²) < 4.78 is 0. The second-order valence-corrected chi connectivity index (χ2v) is 22.2. The lowest BCUT2D eigenvalue weighted by atomic mass is 9.43. The Bertz CT molecular complexity index is 2330. The molecule has 0 radical (unpaired) electrons. The van der Waals surface area contributed by atoms with E-state index in [2.05, 4.69) is 163 Å². The molecule has 0 saturated heterocycles. The lowest BCUT2D eigenvalue weighted by Gasteiger charge is -2.61. The van der Waals surface area contributed by atoms with Crippen LogP contribution in [0.1, 0.15) is 147 Å². The first-order valence-corrected chi connectivity index (χ1v) is 22.6. The molecule has 4 saturated carbocycles. The average molecular weight is 750 g/mol. The van der Waals surface area contributed by atoms with Crippen LogP contribution in [-0.4, -0.2) is 0 Å². The fourth-order valence-electron chi connectivity index (χ4n) is 14.4. The van der Waals surface area contributed by atoms with Gasteiger partial charge < -0.3 is 4.90 Å². The summed E-state index contributed by atoms with van der Waals surface area (Å²) in [6.07, 6.45) is 11.8. The highest BCUT2D eigenvalue weighted by Gasteiger charge is 2.62. The van der Waals surface area contributed by atoms with Crippen LogP contribution >= 0.6 is 0 Å². The molecule has 1 spiro atoms. The fraction of sp³-hybridized carbons (Fsp3) is 0.464. The van der Waals surface area contributed by atoms with Gasteiger partial charge in [-0.25, -0.2) is 0 Å². The van der Waals surface area contributed by atoms with Crippen molar-refractivity contribution in [1.29, 1.82) is 0 Å². The molecule has 1 nitrogen and oxygen atoms in total. The monoisotopic (exact) mass is 749 g/mol. The number of anilines is 3. The minimum Gasteiger partial charge on any atom is -0.309 e. The van der Waals surface area contributed by atoms with Crippen molar-refractivity contribution in [3.05, 3.63) is 137 Å². The smallest absolute Gasteiger partial charge is 0.0621 e. The van der Waals surface area contributed by atoms with Gasteiger partial charge in [-0.15, -0.1) is 0 Å². The van der Waals surface area contributed by atoms with E-state index in [-0.39, 0.29) is 27.1 Å². The van der Waals surface area contributed by atoms with Gasteiger partial charge in [-0.3, -0.25) is 0 Å². The van der Waals surface area contributed by atoms with Gasteiger partial charge in [0.1, 0.15) is 0 Å². The predicted octanol–water partition coefficient (Wildman–Crippen LogP) is 15.2. The lowest BCUT2D eigenvalue weighted by Crippen LogP contribution is -2.55. The average Bonchev–Trinajstić information content (AvgIpc) is 3.49. The van der Waals surface area contributed by atoms with Gasteiger partial charge in [0.05, 0.1) is 17.1 Å². The third-order valence-corrected chi connectivity index (χ3v) is 17.1. The molecule has 5 aromatic rings. The Labute approximate surface area is 343 Å². The van der Waals surface area contributed by atoms with Crippen LogP contribution in [0.3, 0.4) is 0 Å². The SMILES string of the molecule is CC1(C)CCC(C)(C)c2c(N(c3cccc4c3C(C)(C)CCC4(C)C)c3c(-c4ccccc4)ccc4c3-c3ccccc3C43C4CC5CC(C4)CC3C5)cccc21. The van der Waals surface area contributed by atoms with Gasteiger partial charge in [0, 0.05) is 16.5 Å².